The Bertz CT molecular complexity index is 1110. The first-order chi connectivity index (χ1) is 13.3. The third-order valence-electron chi connectivity index (χ3n) is 5.26. The van der Waals surface area contributed by atoms with E-state index in [2.05, 4.69) is 72.8 Å². The monoisotopic (exact) mass is 366 g/mol. The summed E-state index contributed by atoms with van der Waals surface area (Å²) in [7, 11) is 0. The lowest BCUT2D eigenvalue weighted by Crippen LogP contribution is -2.14. The summed E-state index contributed by atoms with van der Waals surface area (Å²) in [6.07, 6.45) is 0. The minimum Gasteiger partial charge on any atom is -0.293 e. The molecule has 0 fully saturated rings. The predicted octanol–water partition coefficient (Wildman–Crippen LogP) is 6.65. The summed E-state index contributed by atoms with van der Waals surface area (Å²) in [5.74, 6) is 0.0674. The van der Waals surface area contributed by atoms with Crippen LogP contribution in [0.15, 0.2) is 102 Å². The van der Waals surface area contributed by atoms with Crippen molar-refractivity contribution < 1.29 is 4.79 Å². The number of thioether (sulfide) groups is 1. The zero-order chi connectivity index (χ0) is 18.2. The lowest BCUT2D eigenvalue weighted by atomic mass is 9.91. The van der Waals surface area contributed by atoms with Gasteiger partial charge in [0.15, 0.2) is 5.78 Å². The van der Waals surface area contributed by atoms with Crippen LogP contribution in [0.4, 0.5) is 0 Å². The van der Waals surface area contributed by atoms with Gasteiger partial charge in [-0.3, -0.25) is 4.79 Å². The van der Waals surface area contributed by atoms with Crippen LogP contribution in [0.2, 0.25) is 0 Å². The van der Waals surface area contributed by atoms with Gasteiger partial charge < -0.3 is 0 Å². The molecule has 130 valence electrons. The molecule has 1 aliphatic rings. The molecule has 0 saturated heterocycles. The molecule has 0 spiro atoms. The zero-order valence-corrected chi connectivity index (χ0v) is 15.5. The second kappa shape index (κ2) is 6.71. The van der Waals surface area contributed by atoms with Gasteiger partial charge in [0, 0.05) is 15.7 Å². The van der Waals surface area contributed by atoms with E-state index in [0.29, 0.717) is 0 Å². The number of hydrogen-bond donors (Lipinski definition) is 0. The normalized spacial score (nSPS) is 16.6. The Morgan fingerprint density at radius 1 is 0.704 bits per heavy atom. The van der Waals surface area contributed by atoms with E-state index >= 15 is 0 Å². The van der Waals surface area contributed by atoms with Crippen LogP contribution in [-0.4, -0.2) is 5.78 Å². The Morgan fingerprint density at radius 2 is 1.37 bits per heavy atom. The van der Waals surface area contributed by atoms with Crippen molar-refractivity contribution in [2.45, 2.75) is 16.1 Å². The van der Waals surface area contributed by atoms with Crippen molar-refractivity contribution >= 4 is 28.3 Å². The molecule has 27 heavy (non-hydrogen) atoms. The molecular formula is C25H18OS. The highest BCUT2D eigenvalue weighted by molar-refractivity contribution is 7.99. The molecule has 2 heteroatoms. The van der Waals surface area contributed by atoms with Crippen LogP contribution in [-0.2, 0) is 0 Å². The molecule has 4 aromatic carbocycles. The Hall–Kier alpha value is -2.84. The van der Waals surface area contributed by atoms with Crippen LogP contribution in [0.3, 0.4) is 0 Å². The Kier molecular flexibility index (Phi) is 4.06. The van der Waals surface area contributed by atoms with Crippen LogP contribution in [0.1, 0.15) is 32.7 Å². The standard InChI is InChI=1S/C25H18OS/c26-24-21-16-8-12-17-11-7-15-20(22(17)21)23(24)25(18-9-3-1-4-10-18)27-19-13-5-2-6-14-19/h1-16,23,25H. The molecule has 0 N–H and O–H groups in total. The molecular weight excluding hydrogens is 348 g/mol. The molecule has 0 heterocycles. The van der Waals surface area contributed by atoms with Gasteiger partial charge in [-0.25, -0.2) is 0 Å². The molecule has 5 rings (SSSR count). The maximum atomic E-state index is 13.5. The number of benzene rings is 4. The summed E-state index contributed by atoms with van der Waals surface area (Å²) in [6, 6.07) is 33.1. The topological polar surface area (TPSA) is 17.1 Å². The van der Waals surface area contributed by atoms with Crippen molar-refractivity contribution in [1.82, 2.24) is 0 Å². The van der Waals surface area contributed by atoms with Gasteiger partial charge in [0.25, 0.3) is 0 Å². The lowest BCUT2D eigenvalue weighted by molar-refractivity contribution is 0.0966. The number of carbonyl (C=O) groups is 1. The molecule has 0 bridgehead atoms. The molecule has 0 radical (unpaired) electrons. The van der Waals surface area contributed by atoms with E-state index in [1.807, 2.05) is 24.3 Å². The van der Waals surface area contributed by atoms with Gasteiger partial charge in [-0.05, 0) is 34.0 Å². The molecule has 0 saturated carbocycles. The summed E-state index contributed by atoms with van der Waals surface area (Å²) in [5, 5.41) is 2.32. The third kappa shape index (κ3) is 2.77. The van der Waals surface area contributed by atoms with Crippen molar-refractivity contribution in [1.29, 1.82) is 0 Å². The molecule has 2 atom stereocenters. The molecule has 0 aliphatic heterocycles. The fourth-order valence-corrected chi connectivity index (χ4v) is 5.37. The third-order valence-corrected chi connectivity index (χ3v) is 6.60. The smallest absolute Gasteiger partial charge is 0.172 e. The molecule has 2 unspecified atom stereocenters. The van der Waals surface area contributed by atoms with Gasteiger partial charge in [-0.2, -0.15) is 0 Å². The number of rotatable bonds is 4. The van der Waals surface area contributed by atoms with E-state index < -0.39 is 0 Å². The molecule has 0 aromatic heterocycles. The number of hydrogen-bond acceptors (Lipinski definition) is 2. The summed E-state index contributed by atoms with van der Waals surface area (Å²) in [6.45, 7) is 0. The van der Waals surface area contributed by atoms with Gasteiger partial charge in [-0.1, -0.05) is 84.9 Å². The second-order valence-electron chi connectivity index (χ2n) is 6.86. The minimum atomic E-state index is -0.168. The van der Waals surface area contributed by atoms with Gasteiger partial charge in [-0.15, -0.1) is 11.8 Å². The van der Waals surface area contributed by atoms with E-state index in [9.17, 15) is 4.79 Å². The van der Waals surface area contributed by atoms with Crippen LogP contribution in [0, 0.1) is 0 Å². The highest BCUT2D eigenvalue weighted by atomic mass is 32.2. The second-order valence-corrected chi connectivity index (χ2v) is 8.07. The molecule has 1 aliphatic carbocycles. The first-order valence-corrected chi connectivity index (χ1v) is 10.0. The Labute approximate surface area is 163 Å². The summed E-state index contributed by atoms with van der Waals surface area (Å²) < 4.78 is 0. The summed E-state index contributed by atoms with van der Waals surface area (Å²) in [5.41, 5.74) is 3.21. The first kappa shape index (κ1) is 16.3. The molecule has 4 aromatic rings. The summed E-state index contributed by atoms with van der Waals surface area (Å²) >= 11 is 1.78. The first-order valence-electron chi connectivity index (χ1n) is 9.15. The van der Waals surface area contributed by atoms with Crippen LogP contribution in [0.5, 0.6) is 0 Å². The largest absolute Gasteiger partial charge is 0.293 e. The van der Waals surface area contributed by atoms with E-state index in [0.717, 1.165) is 21.9 Å². The SMILES string of the molecule is O=C1c2cccc3cccc(c23)C1C(Sc1ccccc1)c1ccccc1. The average molecular weight is 366 g/mol. The Morgan fingerprint density at radius 3 is 2.11 bits per heavy atom. The van der Waals surface area contributed by atoms with Gasteiger partial charge in [0.05, 0.1) is 5.92 Å². The van der Waals surface area contributed by atoms with Gasteiger partial charge in [0.1, 0.15) is 0 Å². The van der Waals surface area contributed by atoms with E-state index in [-0.39, 0.29) is 17.0 Å². The van der Waals surface area contributed by atoms with Crippen molar-refractivity contribution in [3.63, 3.8) is 0 Å². The molecule has 0 amide bonds. The van der Waals surface area contributed by atoms with E-state index in [1.54, 1.807) is 11.8 Å². The van der Waals surface area contributed by atoms with Crippen LogP contribution < -0.4 is 0 Å². The van der Waals surface area contributed by atoms with Crippen LogP contribution >= 0.6 is 11.8 Å². The van der Waals surface area contributed by atoms with Crippen molar-refractivity contribution in [2.24, 2.45) is 0 Å². The van der Waals surface area contributed by atoms with Crippen molar-refractivity contribution in [2.75, 3.05) is 0 Å². The fraction of sp³-hybridized carbons (Fsp3) is 0.0800. The Balaban J connectivity index is 1.67. The van der Waals surface area contributed by atoms with Crippen molar-refractivity contribution in [3.8, 4) is 0 Å². The predicted molar refractivity (Wildman–Crippen MR) is 113 cm³/mol. The average Bonchev–Trinajstić information content (AvgIpc) is 3.02. The van der Waals surface area contributed by atoms with E-state index in [1.165, 1.54) is 10.5 Å². The molecule has 1 nitrogen and oxygen atoms in total. The quantitative estimate of drug-likeness (QED) is 0.376. The fourth-order valence-electron chi connectivity index (χ4n) is 4.06. The number of Topliss-reactive ketones (excluding diaryl/α,β-unsaturated/α-hetero) is 1. The maximum Gasteiger partial charge on any atom is 0.172 e. The minimum absolute atomic E-state index is 0.0408. The highest BCUT2D eigenvalue weighted by Gasteiger charge is 2.39. The number of ketones is 1. The maximum absolute atomic E-state index is 13.5. The summed E-state index contributed by atoms with van der Waals surface area (Å²) in [4.78, 5) is 14.7. The number of carbonyl (C=O) groups excluding carboxylic acids is 1. The highest BCUT2D eigenvalue weighted by Crippen LogP contribution is 2.51. The van der Waals surface area contributed by atoms with Gasteiger partial charge in [0.2, 0.25) is 0 Å². The van der Waals surface area contributed by atoms with Gasteiger partial charge >= 0.3 is 0 Å². The van der Waals surface area contributed by atoms with E-state index in [4.69, 9.17) is 0 Å². The zero-order valence-electron chi connectivity index (χ0n) is 14.7. The lowest BCUT2D eigenvalue weighted by Gasteiger charge is -2.24. The van der Waals surface area contributed by atoms with Crippen LogP contribution in [0.25, 0.3) is 10.8 Å². The van der Waals surface area contributed by atoms with Crippen molar-refractivity contribution in [3.05, 3.63) is 114 Å².